The summed E-state index contributed by atoms with van der Waals surface area (Å²) in [4.78, 5) is 45.7. The molecule has 0 fully saturated rings. The molecule has 4 aliphatic rings. The van der Waals surface area contributed by atoms with Crippen molar-refractivity contribution in [1.29, 1.82) is 0 Å². The fraction of sp³-hybridized carbons (Fsp3) is 0.375. The van der Waals surface area contributed by atoms with Gasteiger partial charge in [-0.1, -0.05) is 18.5 Å². The second-order valence-corrected chi connectivity index (χ2v) is 14.2. The number of furan rings is 1. The number of amides is 1. The molecule has 282 valence electrons. The fourth-order valence-electron chi connectivity index (χ4n) is 8.19. The van der Waals surface area contributed by atoms with Crippen LogP contribution < -0.4 is 38.5 Å². The number of Topliss-reactive ketones (excluding diaryl/α,β-unsaturated/α-hetero) is 2. The van der Waals surface area contributed by atoms with Crippen molar-refractivity contribution in [2.24, 2.45) is 5.92 Å². The Morgan fingerprint density at radius 1 is 0.963 bits per heavy atom. The SMILES string of the molecule is COc1ccc(-c2oc3c(c2CC(=O)NCC2c4c(cc5c(c4OC)OCO5)CCN2C)C(=O)[C@@]2(Oc4c(Cl)c(OC)cc(OC)c4C2=O)[C@H](C)C3)cc1. The number of hydrogen-bond acceptors (Lipinski definition) is 12. The van der Waals surface area contributed by atoms with Gasteiger partial charge in [-0.25, -0.2) is 0 Å². The number of carbonyl (C=O) groups is 3. The fourth-order valence-corrected chi connectivity index (χ4v) is 8.46. The third kappa shape index (κ3) is 5.27. The van der Waals surface area contributed by atoms with Crippen LogP contribution in [-0.2, 0) is 24.1 Å². The van der Waals surface area contributed by atoms with E-state index in [4.69, 9.17) is 49.2 Å². The first-order valence-corrected chi connectivity index (χ1v) is 17.9. The van der Waals surface area contributed by atoms with E-state index in [9.17, 15) is 14.4 Å². The molecule has 0 bridgehead atoms. The standard InChI is InChI=1S/C40H39ClN2O11/c1-19-13-26-31(38(45)40(19)39(46)32-25(48-4)16-27(49-5)33(41)36(32)54-40)23(34(53-26)20-7-9-22(47-3)10-8-20)15-29(44)42-17-24-30-21(11-12-43(24)2)14-28-35(37(30)50-6)52-18-51-28/h7-10,14,16,19,24H,11-13,15,17-18H2,1-6H3,(H,42,44)/t19-,24?,40+/m1/s1. The Hall–Kier alpha value is -5.40. The summed E-state index contributed by atoms with van der Waals surface area (Å²) >= 11 is 6.67. The highest BCUT2D eigenvalue weighted by molar-refractivity contribution is 6.36. The van der Waals surface area contributed by atoms with Crippen molar-refractivity contribution < 1.29 is 52.0 Å². The largest absolute Gasteiger partial charge is 0.497 e. The molecule has 1 N–H and O–H groups in total. The maximum Gasteiger partial charge on any atom is 0.237 e. The summed E-state index contributed by atoms with van der Waals surface area (Å²) in [5.41, 5.74) is 1.14. The molecule has 0 saturated carbocycles. The predicted octanol–water partition coefficient (Wildman–Crippen LogP) is 5.64. The lowest BCUT2D eigenvalue weighted by atomic mass is 9.70. The second-order valence-electron chi connectivity index (χ2n) is 13.8. The minimum absolute atomic E-state index is 0.00889. The van der Waals surface area contributed by atoms with Gasteiger partial charge < -0.3 is 42.9 Å². The van der Waals surface area contributed by atoms with E-state index < -0.39 is 23.1 Å². The molecule has 1 aromatic heterocycles. The number of benzene rings is 3. The van der Waals surface area contributed by atoms with Gasteiger partial charge in [0, 0.05) is 48.2 Å². The van der Waals surface area contributed by atoms with Gasteiger partial charge in [-0.3, -0.25) is 19.3 Å². The lowest BCUT2D eigenvalue weighted by molar-refractivity contribution is -0.120. The van der Waals surface area contributed by atoms with Crippen molar-refractivity contribution >= 4 is 29.1 Å². The number of rotatable bonds is 9. The maximum absolute atomic E-state index is 15.0. The quantitative estimate of drug-likeness (QED) is 0.211. The summed E-state index contributed by atoms with van der Waals surface area (Å²) in [6.45, 7) is 2.85. The van der Waals surface area contributed by atoms with Crippen molar-refractivity contribution in [3.8, 4) is 51.6 Å². The molecule has 4 aromatic rings. The van der Waals surface area contributed by atoms with Crippen LogP contribution in [0.5, 0.6) is 40.2 Å². The Bertz CT molecular complexity index is 2210. The minimum Gasteiger partial charge on any atom is -0.497 e. The number of hydrogen-bond donors (Lipinski definition) is 1. The van der Waals surface area contributed by atoms with Crippen LogP contribution in [0.3, 0.4) is 0 Å². The molecule has 0 radical (unpaired) electrons. The van der Waals surface area contributed by atoms with Crippen LogP contribution in [0.25, 0.3) is 11.3 Å². The van der Waals surface area contributed by atoms with Crippen LogP contribution in [-0.4, -0.2) is 83.3 Å². The van der Waals surface area contributed by atoms with Crippen LogP contribution in [0, 0.1) is 5.92 Å². The smallest absolute Gasteiger partial charge is 0.237 e. The zero-order valence-corrected chi connectivity index (χ0v) is 31.4. The van der Waals surface area contributed by atoms with Gasteiger partial charge in [0.1, 0.15) is 39.4 Å². The van der Waals surface area contributed by atoms with Gasteiger partial charge in [0.15, 0.2) is 17.2 Å². The summed E-state index contributed by atoms with van der Waals surface area (Å²) < 4.78 is 46.4. The van der Waals surface area contributed by atoms with Gasteiger partial charge in [-0.05, 0) is 49.4 Å². The third-order valence-corrected chi connectivity index (χ3v) is 11.3. The Labute approximate surface area is 316 Å². The van der Waals surface area contributed by atoms with Crippen LogP contribution >= 0.6 is 11.6 Å². The number of likely N-dealkylation sites (N-methyl/N-ethyl adjacent to an activating group) is 1. The van der Waals surface area contributed by atoms with Crippen LogP contribution in [0.4, 0.5) is 0 Å². The molecule has 3 aliphatic heterocycles. The number of methoxy groups -OCH3 is 4. The molecule has 1 amide bonds. The average Bonchev–Trinajstić information content (AvgIpc) is 3.88. The van der Waals surface area contributed by atoms with Crippen molar-refractivity contribution in [1.82, 2.24) is 10.2 Å². The van der Waals surface area contributed by atoms with Crippen molar-refractivity contribution in [3.63, 3.8) is 0 Å². The Kier molecular flexibility index (Phi) is 8.89. The van der Waals surface area contributed by atoms with E-state index in [-0.39, 0.29) is 71.5 Å². The van der Waals surface area contributed by atoms with Crippen LogP contribution in [0.15, 0.2) is 40.8 Å². The first kappa shape index (κ1) is 35.6. The Morgan fingerprint density at radius 2 is 1.70 bits per heavy atom. The van der Waals surface area contributed by atoms with Crippen molar-refractivity contribution in [2.75, 3.05) is 55.4 Å². The number of halogens is 1. The molecule has 3 aromatic carbocycles. The molecule has 3 atom stereocenters. The Morgan fingerprint density at radius 3 is 2.41 bits per heavy atom. The molecular weight excluding hydrogens is 720 g/mol. The van der Waals surface area contributed by atoms with E-state index in [1.165, 1.54) is 20.3 Å². The van der Waals surface area contributed by atoms with Crippen LogP contribution in [0.1, 0.15) is 56.1 Å². The summed E-state index contributed by atoms with van der Waals surface area (Å²) in [6, 6.07) is 10.4. The number of nitrogens with one attached hydrogen (secondary N) is 1. The van der Waals surface area contributed by atoms with E-state index in [1.807, 2.05) is 13.1 Å². The van der Waals surface area contributed by atoms with Gasteiger partial charge in [0.2, 0.25) is 35.6 Å². The first-order valence-electron chi connectivity index (χ1n) is 17.5. The van der Waals surface area contributed by atoms with Crippen molar-refractivity contribution in [2.45, 2.75) is 37.8 Å². The molecule has 14 heteroatoms. The summed E-state index contributed by atoms with van der Waals surface area (Å²) in [6.07, 6.45) is 0.714. The van der Waals surface area contributed by atoms with E-state index >= 15 is 0 Å². The van der Waals surface area contributed by atoms with Crippen LogP contribution in [0.2, 0.25) is 5.02 Å². The molecule has 54 heavy (non-hydrogen) atoms. The van der Waals surface area contributed by atoms with Crippen molar-refractivity contribution in [3.05, 3.63) is 75.0 Å². The summed E-state index contributed by atoms with van der Waals surface area (Å²) in [7, 11) is 7.99. The Balaban J connectivity index is 1.16. The highest BCUT2D eigenvalue weighted by atomic mass is 35.5. The number of ether oxygens (including phenoxy) is 7. The molecule has 1 unspecified atom stereocenters. The average molecular weight is 759 g/mol. The van der Waals surface area contributed by atoms with Gasteiger partial charge in [0.25, 0.3) is 0 Å². The van der Waals surface area contributed by atoms with E-state index in [1.54, 1.807) is 45.4 Å². The van der Waals surface area contributed by atoms with E-state index in [2.05, 4.69) is 10.2 Å². The van der Waals surface area contributed by atoms with E-state index in [0.29, 0.717) is 45.6 Å². The first-order chi connectivity index (χ1) is 26.1. The second kappa shape index (κ2) is 13.5. The molecule has 4 heterocycles. The maximum atomic E-state index is 15.0. The van der Waals surface area contributed by atoms with Gasteiger partial charge in [-0.2, -0.15) is 0 Å². The number of carbonyl (C=O) groups excluding carboxylic acids is 3. The highest BCUT2D eigenvalue weighted by Gasteiger charge is 2.63. The number of ketones is 2. The molecule has 13 nitrogen and oxygen atoms in total. The zero-order chi connectivity index (χ0) is 38.1. The van der Waals surface area contributed by atoms with Gasteiger partial charge in [-0.15, -0.1) is 0 Å². The zero-order valence-electron chi connectivity index (χ0n) is 30.7. The minimum atomic E-state index is -1.98. The number of fused-ring (bicyclic) bond motifs is 4. The highest BCUT2D eigenvalue weighted by Crippen LogP contribution is 2.55. The monoisotopic (exact) mass is 758 g/mol. The summed E-state index contributed by atoms with van der Waals surface area (Å²) in [5.74, 6) is 1.25. The predicted molar refractivity (Wildman–Crippen MR) is 195 cm³/mol. The molecule has 1 aliphatic carbocycles. The molecule has 0 saturated heterocycles. The normalized spacial score (nSPS) is 20.9. The van der Waals surface area contributed by atoms with Gasteiger partial charge in [0.05, 0.1) is 46.5 Å². The lowest BCUT2D eigenvalue weighted by Crippen LogP contribution is -2.56. The van der Waals surface area contributed by atoms with E-state index in [0.717, 1.165) is 24.1 Å². The topological polar surface area (TPSA) is 144 Å². The number of nitrogens with zero attached hydrogens (tertiary/aromatic N) is 1. The lowest BCUT2D eigenvalue weighted by Gasteiger charge is -2.36. The van der Waals surface area contributed by atoms with Gasteiger partial charge >= 0.3 is 0 Å². The molecular formula is C40H39ClN2O11. The molecule has 8 rings (SSSR count). The third-order valence-electron chi connectivity index (χ3n) is 11.0. The summed E-state index contributed by atoms with van der Waals surface area (Å²) in [5, 5.41) is 3.15. The molecule has 1 spiro atoms.